The summed E-state index contributed by atoms with van der Waals surface area (Å²) < 4.78 is 31.4. The van der Waals surface area contributed by atoms with Crippen LogP contribution in [0.4, 0.5) is 0 Å². The molecular formula is C14H11ClN2O3S. The second-order valence-electron chi connectivity index (χ2n) is 4.31. The van der Waals surface area contributed by atoms with Gasteiger partial charge in [0.2, 0.25) is 0 Å². The maximum absolute atomic E-state index is 12.6. The van der Waals surface area contributed by atoms with Crippen LogP contribution in [0.3, 0.4) is 0 Å². The van der Waals surface area contributed by atoms with Crippen LogP contribution >= 0.6 is 11.6 Å². The van der Waals surface area contributed by atoms with Crippen molar-refractivity contribution in [3.63, 3.8) is 0 Å². The SMILES string of the molecule is COc1cnc2c(ccn2S(=O)(=O)c2ccccc2)c1Cl. The van der Waals surface area contributed by atoms with Crippen LogP contribution in [0.1, 0.15) is 0 Å². The summed E-state index contributed by atoms with van der Waals surface area (Å²) in [4.78, 5) is 4.33. The van der Waals surface area contributed by atoms with Gasteiger partial charge in [-0.3, -0.25) is 0 Å². The van der Waals surface area contributed by atoms with E-state index in [2.05, 4.69) is 4.98 Å². The van der Waals surface area contributed by atoms with E-state index in [-0.39, 0.29) is 10.5 Å². The van der Waals surface area contributed by atoms with Crippen molar-refractivity contribution in [2.75, 3.05) is 7.11 Å². The number of methoxy groups -OCH3 is 1. The Hall–Kier alpha value is -2.05. The quantitative estimate of drug-likeness (QED) is 0.744. The number of benzene rings is 1. The molecule has 0 fully saturated rings. The van der Waals surface area contributed by atoms with Crippen molar-refractivity contribution in [2.45, 2.75) is 4.90 Å². The molecule has 0 aliphatic heterocycles. The third kappa shape index (κ3) is 2.16. The minimum absolute atomic E-state index is 0.191. The first-order valence-electron chi connectivity index (χ1n) is 6.06. The zero-order chi connectivity index (χ0) is 15.0. The van der Waals surface area contributed by atoms with E-state index in [9.17, 15) is 8.42 Å². The molecule has 2 heterocycles. The van der Waals surface area contributed by atoms with Gasteiger partial charge in [-0.25, -0.2) is 17.4 Å². The molecule has 5 nitrogen and oxygen atoms in total. The average Bonchev–Trinajstić information content (AvgIpc) is 2.94. The summed E-state index contributed by atoms with van der Waals surface area (Å²) >= 11 is 6.18. The first-order valence-corrected chi connectivity index (χ1v) is 7.87. The molecule has 0 bridgehead atoms. The van der Waals surface area contributed by atoms with Gasteiger partial charge < -0.3 is 4.74 Å². The van der Waals surface area contributed by atoms with E-state index < -0.39 is 10.0 Å². The van der Waals surface area contributed by atoms with E-state index in [1.807, 2.05) is 0 Å². The van der Waals surface area contributed by atoms with Crippen LogP contribution in [0.15, 0.2) is 53.7 Å². The standard InChI is InChI=1S/C14H11ClN2O3S/c1-20-12-9-16-14-11(13(12)15)7-8-17(14)21(18,19)10-5-3-2-4-6-10/h2-9H,1H3. The molecule has 21 heavy (non-hydrogen) atoms. The average molecular weight is 323 g/mol. The maximum Gasteiger partial charge on any atom is 0.269 e. The monoisotopic (exact) mass is 322 g/mol. The molecule has 0 unspecified atom stereocenters. The minimum atomic E-state index is -3.70. The lowest BCUT2D eigenvalue weighted by molar-refractivity contribution is 0.414. The highest BCUT2D eigenvalue weighted by Crippen LogP contribution is 2.32. The minimum Gasteiger partial charge on any atom is -0.494 e. The molecule has 0 radical (unpaired) electrons. The van der Waals surface area contributed by atoms with Crippen LogP contribution in [-0.2, 0) is 10.0 Å². The molecule has 1 aromatic carbocycles. The zero-order valence-electron chi connectivity index (χ0n) is 11.0. The molecular weight excluding hydrogens is 312 g/mol. The van der Waals surface area contributed by atoms with Crippen LogP contribution in [0.5, 0.6) is 5.75 Å². The van der Waals surface area contributed by atoms with Crippen LogP contribution in [0.2, 0.25) is 5.02 Å². The molecule has 2 aromatic heterocycles. The van der Waals surface area contributed by atoms with Gasteiger partial charge in [0.25, 0.3) is 10.0 Å². The number of fused-ring (bicyclic) bond motifs is 1. The van der Waals surface area contributed by atoms with E-state index in [1.54, 1.807) is 24.3 Å². The lowest BCUT2D eigenvalue weighted by Crippen LogP contribution is -2.12. The van der Waals surface area contributed by atoms with Gasteiger partial charge in [-0.05, 0) is 18.2 Å². The van der Waals surface area contributed by atoms with Crippen molar-refractivity contribution < 1.29 is 13.2 Å². The molecule has 3 aromatic rings. The third-order valence-electron chi connectivity index (χ3n) is 3.10. The van der Waals surface area contributed by atoms with Crippen molar-refractivity contribution in [2.24, 2.45) is 0 Å². The van der Waals surface area contributed by atoms with Crippen molar-refractivity contribution in [3.8, 4) is 5.75 Å². The number of hydrogen-bond donors (Lipinski definition) is 0. The predicted molar refractivity (Wildman–Crippen MR) is 80.3 cm³/mol. The molecule has 0 aliphatic rings. The van der Waals surface area contributed by atoms with Crippen LogP contribution in [0, 0.1) is 0 Å². The molecule has 0 spiro atoms. The Morgan fingerprint density at radius 1 is 1.19 bits per heavy atom. The van der Waals surface area contributed by atoms with Gasteiger partial charge >= 0.3 is 0 Å². The number of pyridine rings is 1. The molecule has 0 aliphatic carbocycles. The molecule has 7 heteroatoms. The Morgan fingerprint density at radius 2 is 1.90 bits per heavy atom. The van der Waals surface area contributed by atoms with E-state index >= 15 is 0 Å². The van der Waals surface area contributed by atoms with Crippen LogP contribution in [-0.4, -0.2) is 24.5 Å². The van der Waals surface area contributed by atoms with Crippen molar-refractivity contribution in [1.82, 2.24) is 8.96 Å². The summed E-state index contributed by atoms with van der Waals surface area (Å²) in [6.07, 6.45) is 2.84. The second-order valence-corrected chi connectivity index (χ2v) is 6.50. The van der Waals surface area contributed by atoms with Crippen molar-refractivity contribution in [1.29, 1.82) is 0 Å². The van der Waals surface area contributed by atoms with E-state index in [0.717, 1.165) is 3.97 Å². The number of ether oxygens (including phenoxy) is 1. The molecule has 0 saturated carbocycles. The molecule has 0 amide bonds. The summed E-state index contributed by atoms with van der Waals surface area (Å²) in [6, 6.07) is 9.77. The smallest absolute Gasteiger partial charge is 0.269 e. The lowest BCUT2D eigenvalue weighted by atomic mass is 10.3. The molecule has 108 valence electrons. The summed E-state index contributed by atoms with van der Waals surface area (Å²) in [7, 11) is -2.23. The van der Waals surface area contributed by atoms with Crippen LogP contribution < -0.4 is 4.74 Å². The van der Waals surface area contributed by atoms with Gasteiger partial charge in [-0.1, -0.05) is 29.8 Å². The fourth-order valence-electron chi connectivity index (χ4n) is 2.06. The Bertz CT molecular complexity index is 905. The Labute approximate surface area is 126 Å². The molecule has 0 atom stereocenters. The zero-order valence-corrected chi connectivity index (χ0v) is 12.6. The highest BCUT2D eigenvalue weighted by molar-refractivity contribution is 7.90. The summed E-state index contributed by atoms with van der Waals surface area (Å²) in [5, 5.41) is 0.861. The Balaban J connectivity index is 2.25. The lowest BCUT2D eigenvalue weighted by Gasteiger charge is -2.08. The van der Waals surface area contributed by atoms with Gasteiger partial charge in [0.15, 0.2) is 11.4 Å². The largest absolute Gasteiger partial charge is 0.494 e. The highest BCUT2D eigenvalue weighted by atomic mass is 35.5. The first-order chi connectivity index (χ1) is 10.1. The molecule has 3 rings (SSSR count). The summed E-state index contributed by atoms with van der Waals surface area (Å²) in [5.41, 5.74) is 0.268. The normalized spacial score (nSPS) is 11.7. The number of hydrogen-bond acceptors (Lipinski definition) is 4. The second kappa shape index (κ2) is 5.05. The van der Waals surface area contributed by atoms with E-state index in [1.165, 1.54) is 31.6 Å². The fraction of sp³-hybridized carbons (Fsp3) is 0.0714. The van der Waals surface area contributed by atoms with Crippen LogP contribution in [0.25, 0.3) is 11.0 Å². The number of nitrogens with zero attached hydrogens (tertiary/aromatic N) is 2. The van der Waals surface area contributed by atoms with Gasteiger partial charge in [-0.15, -0.1) is 0 Å². The fourth-order valence-corrected chi connectivity index (χ4v) is 3.65. The summed E-state index contributed by atoms with van der Waals surface area (Å²) in [5.74, 6) is 0.402. The van der Waals surface area contributed by atoms with E-state index in [4.69, 9.17) is 16.3 Å². The van der Waals surface area contributed by atoms with Gasteiger partial charge in [0.1, 0.15) is 0 Å². The van der Waals surface area contributed by atoms with Crippen molar-refractivity contribution >= 4 is 32.7 Å². The molecule has 0 N–H and O–H groups in total. The topological polar surface area (TPSA) is 61.2 Å². The number of halogens is 1. The van der Waals surface area contributed by atoms with E-state index in [0.29, 0.717) is 16.2 Å². The van der Waals surface area contributed by atoms with Crippen molar-refractivity contribution in [3.05, 3.63) is 53.8 Å². The maximum atomic E-state index is 12.6. The Kier molecular flexibility index (Phi) is 3.35. The third-order valence-corrected chi connectivity index (χ3v) is 5.17. The van der Waals surface area contributed by atoms with Gasteiger partial charge in [-0.2, -0.15) is 0 Å². The Morgan fingerprint density at radius 3 is 2.57 bits per heavy atom. The first kappa shape index (κ1) is 13.9. The number of rotatable bonds is 3. The predicted octanol–water partition coefficient (Wildman–Crippen LogP) is 2.94. The number of aromatic nitrogens is 2. The highest BCUT2D eigenvalue weighted by Gasteiger charge is 2.21. The molecule has 0 saturated heterocycles. The van der Waals surface area contributed by atoms with Gasteiger partial charge in [0, 0.05) is 11.6 Å². The summed E-state index contributed by atoms with van der Waals surface area (Å²) in [6.45, 7) is 0. The van der Waals surface area contributed by atoms with Gasteiger partial charge in [0.05, 0.1) is 23.2 Å².